The van der Waals surface area contributed by atoms with Gasteiger partial charge >= 0.3 is 0 Å². The van der Waals surface area contributed by atoms with Crippen molar-refractivity contribution < 1.29 is 0 Å². The summed E-state index contributed by atoms with van der Waals surface area (Å²) in [5, 5.41) is 0. The second-order valence-corrected chi connectivity index (χ2v) is 4.49. The predicted octanol–water partition coefficient (Wildman–Crippen LogP) is 5.31. The lowest BCUT2D eigenvalue weighted by Gasteiger charge is -2.08. The van der Waals surface area contributed by atoms with Gasteiger partial charge in [-0.15, -0.1) is 0 Å². The fourth-order valence-electron chi connectivity index (χ4n) is 1.68. The summed E-state index contributed by atoms with van der Waals surface area (Å²) in [4.78, 5) is 0. The second-order valence-electron chi connectivity index (χ2n) is 4.49. The van der Waals surface area contributed by atoms with Crippen molar-refractivity contribution >= 4 is 5.57 Å². The number of hydrogen-bond acceptors (Lipinski definition) is 0. The summed E-state index contributed by atoms with van der Waals surface area (Å²) in [6.45, 7) is 10.7. The summed E-state index contributed by atoms with van der Waals surface area (Å²) >= 11 is 0. The van der Waals surface area contributed by atoms with E-state index in [9.17, 15) is 0 Å². The molecule has 90 valence electrons. The summed E-state index contributed by atoms with van der Waals surface area (Å²) in [5.74, 6) is 0. The lowest BCUT2D eigenvalue weighted by Crippen LogP contribution is -1.87. The summed E-state index contributed by atoms with van der Waals surface area (Å²) in [5.41, 5.74) is 6.64. The SMILES string of the molecule is C/C=C(C)/C=C\C(C)=C(\C)c1ccccc1C. The summed E-state index contributed by atoms with van der Waals surface area (Å²) in [6, 6.07) is 8.53. The van der Waals surface area contributed by atoms with Crippen molar-refractivity contribution in [3.63, 3.8) is 0 Å². The summed E-state index contributed by atoms with van der Waals surface area (Å²) in [6.07, 6.45) is 6.47. The predicted molar refractivity (Wildman–Crippen MR) is 78.0 cm³/mol. The van der Waals surface area contributed by atoms with Crippen LogP contribution in [-0.4, -0.2) is 0 Å². The molecule has 0 aliphatic heterocycles. The summed E-state index contributed by atoms with van der Waals surface area (Å²) in [7, 11) is 0. The second kappa shape index (κ2) is 6.24. The Balaban J connectivity index is 3.06. The van der Waals surface area contributed by atoms with Crippen LogP contribution < -0.4 is 0 Å². The maximum Gasteiger partial charge on any atom is -0.0195 e. The van der Waals surface area contributed by atoms with Crippen LogP contribution in [-0.2, 0) is 0 Å². The molecule has 0 radical (unpaired) electrons. The molecule has 0 amide bonds. The van der Waals surface area contributed by atoms with Gasteiger partial charge in [0, 0.05) is 0 Å². The molecule has 0 bridgehead atoms. The smallest absolute Gasteiger partial charge is 0.0195 e. The Kier molecular flexibility index (Phi) is 4.96. The number of aryl methyl sites for hydroxylation is 1. The van der Waals surface area contributed by atoms with Gasteiger partial charge in [0.25, 0.3) is 0 Å². The number of benzene rings is 1. The van der Waals surface area contributed by atoms with Crippen LogP contribution in [0.1, 0.15) is 38.8 Å². The highest BCUT2D eigenvalue weighted by Crippen LogP contribution is 2.22. The van der Waals surface area contributed by atoms with Crippen LogP contribution >= 0.6 is 0 Å². The van der Waals surface area contributed by atoms with Crippen LogP contribution in [0.4, 0.5) is 0 Å². The molecule has 0 aromatic heterocycles. The molecular formula is C17H22. The number of allylic oxidation sites excluding steroid dienone is 6. The van der Waals surface area contributed by atoms with Crippen LogP contribution in [0, 0.1) is 6.92 Å². The highest BCUT2D eigenvalue weighted by molar-refractivity contribution is 5.71. The Labute approximate surface area is 105 Å². The molecule has 1 rings (SSSR count). The maximum atomic E-state index is 2.19. The fraction of sp³-hybridized carbons (Fsp3) is 0.294. The lowest BCUT2D eigenvalue weighted by molar-refractivity contribution is 1.37. The van der Waals surface area contributed by atoms with Gasteiger partial charge in [-0.1, -0.05) is 48.1 Å². The van der Waals surface area contributed by atoms with Gasteiger partial charge in [-0.2, -0.15) is 0 Å². The Morgan fingerprint density at radius 3 is 2.24 bits per heavy atom. The van der Waals surface area contributed by atoms with Gasteiger partial charge in [0.15, 0.2) is 0 Å². The van der Waals surface area contributed by atoms with E-state index in [0.29, 0.717) is 0 Å². The molecule has 0 heteroatoms. The average molecular weight is 226 g/mol. The molecule has 0 saturated carbocycles. The third-order valence-corrected chi connectivity index (χ3v) is 3.19. The van der Waals surface area contributed by atoms with Crippen molar-refractivity contribution in [2.24, 2.45) is 0 Å². The van der Waals surface area contributed by atoms with Crippen LogP contribution in [0.2, 0.25) is 0 Å². The largest absolute Gasteiger partial charge is 0.0847 e. The third-order valence-electron chi connectivity index (χ3n) is 3.19. The third kappa shape index (κ3) is 3.74. The molecule has 1 aromatic carbocycles. The van der Waals surface area contributed by atoms with E-state index in [4.69, 9.17) is 0 Å². The lowest BCUT2D eigenvalue weighted by atomic mass is 9.97. The quantitative estimate of drug-likeness (QED) is 0.613. The first-order valence-electron chi connectivity index (χ1n) is 6.10. The highest BCUT2D eigenvalue weighted by atomic mass is 14.1. The van der Waals surface area contributed by atoms with Gasteiger partial charge in [0.1, 0.15) is 0 Å². The molecular weight excluding hydrogens is 204 g/mol. The molecule has 0 N–H and O–H groups in total. The molecule has 0 nitrogen and oxygen atoms in total. The normalized spacial score (nSPS) is 14.1. The highest BCUT2D eigenvalue weighted by Gasteiger charge is 2.01. The Bertz CT molecular complexity index is 471. The molecule has 0 aliphatic carbocycles. The standard InChI is InChI=1S/C17H22/c1-6-13(2)11-12-14(3)16(5)17-10-8-7-9-15(17)4/h6-12H,1-5H3/b12-11-,13-6+,16-14-. The topological polar surface area (TPSA) is 0 Å². The van der Waals surface area contributed by atoms with Crippen molar-refractivity contribution in [3.8, 4) is 0 Å². The Morgan fingerprint density at radius 2 is 1.65 bits per heavy atom. The van der Waals surface area contributed by atoms with Crippen LogP contribution in [0.5, 0.6) is 0 Å². The van der Waals surface area contributed by atoms with Gasteiger partial charge in [-0.3, -0.25) is 0 Å². The van der Waals surface area contributed by atoms with E-state index in [0.717, 1.165) is 0 Å². The van der Waals surface area contributed by atoms with Gasteiger partial charge in [0.05, 0.1) is 0 Å². The molecule has 0 aliphatic rings. The van der Waals surface area contributed by atoms with E-state index in [-0.39, 0.29) is 0 Å². The molecule has 0 atom stereocenters. The molecule has 0 fully saturated rings. The van der Waals surface area contributed by atoms with E-state index in [2.05, 4.69) is 77.1 Å². The minimum Gasteiger partial charge on any atom is -0.0847 e. The van der Waals surface area contributed by atoms with E-state index in [1.807, 2.05) is 0 Å². The molecule has 0 unspecified atom stereocenters. The van der Waals surface area contributed by atoms with Crippen molar-refractivity contribution in [2.75, 3.05) is 0 Å². The van der Waals surface area contributed by atoms with Gasteiger partial charge in [0.2, 0.25) is 0 Å². The van der Waals surface area contributed by atoms with Gasteiger partial charge in [-0.25, -0.2) is 0 Å². The van der Waals surface area contributed by atoms with E-state index in [1.165, 1.54) is 27.8 Å². The molecule has 1 aromatic rings. The number of rotatable bonds is 3. The molecule has 0 heterocycles. The molecule has 0 spiro atoms. The number of hydrogen-bond donors (Lipinski definition) is 0. The Morgan fingerprint density at radius 1 is 1.00 bits per heavy atom. The minimum absolute atomic E-state index is 1.29. The zero-order chi connectivity index (χ0) is 12.8. The minimum atomic E-state index is 1.29. The first-order chi connectivity index (χ1) is 8.06. The van der Waals surface area contributed by atoms with Crippen molar-refractivity contribution in [1.82, 2.24) is 0 Å². The first-order valence-corrected chi connectivity index (χ1v) is 6.10. The Hall–Kier alpha value is -1.56. The molecule has 17 heavy (non-hydrogen) atoms. The zero-order valence-corrected chi connectivity index (χ0v) is 11.5. The maximum absolute atomic E-state index is 2.19. The van der Waals surface area contributed by atoms with E-state index in [1.54, 1.807) is 0 Å². The zero-order valence-electron chi connectivity index (χ0n) is 11.5. The van der Waals surface area contributed by atoms with Gasteiger partial charge < -0.3 is 0 Å². The fourth-order valence-corrected chi connectivity index (χ4v) is 1.68. The van der Waals surface area contributed by atoms with Crippen molar-refractivity contribution in [2.45, 2.75) is 34.6 Å². The first kappa shape index (κ1) is 13.5. The van der Waals surface area contributed by atoms with Crippen molar-refractivity contribution in [1.29, 1.82) is 0 Å². The van der Waals surface area contributed by atoms with Crippen LogP contribution in [0.3, 0.4) is 0 Å². The van der Waals surface area contributed by atoms with Crippen LogP contribution in [0.25, 0.3) is 5.57 Å². The van der Waals surface area contributed by atoms with E-state index >= 15 is 0 Å². The monoisotopic (exact) mass is 226 g/mol. The van der Waals surface area contributed by atoms with Crippen molar-refractivity contribution in [3.05, 3.63) is 64.8 Å². The van der Waals surface area contributed by atoms with Crippen LogP contribution in [0.15, 0.2) is 53.6 Å². The van der Waals surface area contributed by atoms with Gasteiger partial charge in [-0.05, 0) is 56.9 Å². The van der Waals surface area contributed by atoms with E-state index < -0.39 is 0 Å². The summed E-state index contributed by atoms with van der Waals surface area (Å²) < 4.78 is 0. The average Bonchev–Trinajstić information content (AvgIpc) is 2.35. The molecule has 0 saturated heterocycles.